The first-order chi connectivity index (χ1) is 9.29. The Morgan fingerprint density at radius 3 is 2.21 bits per heavy atom. The van der Waals surface area contributed by atoms with Crippen LogP contribution in [0.5, 0.6) is 0 Å². The summed E-state index contributed by atoms with van der Waals surface area (Å²) in [4.78, 5) is 7.05. The van der Waals surface area contributed by atoms with Crippen molar-refractivity contribution in [2.24, 2.45) is 16.8 Å². The van der Waals surface area contributed by atoms with Crippen LogP contribution in [0.15, 0.2) is 4.99 Å². The van der Waals surface area contributed by atoms with Crippen LogP contribution in [0, 0.1) is 5.92 Å². The molecule has 0 aromatic heterocycles. The lowest BCUT2D eigenvalue weighted by Gasteiger charge is -2.29. The van der Waals surface area contributed by atoms with E-state index in [0.29, 0.717) is 6.04 Å². The zero-order chi connectivity index (χ0) is 13.5. The van der Waals surface area contributed by atoms with Gasteiger partial charge in [-0.05, 0) is 31.6 Å². The average molecular weight is 266 g/mol. The fourth-order valence-corrected chi connectivity index (χ4v) is 3.47. The third-order valence-corrected chi connectivity index (χ3v) is 4.63. The lowest BCUT2D eigenvalue weighted by atomic mass is 9.89. The molecule has 4 heteroatoms. The Kier molecular flexibility index (Phi) is 5.95. The number of hydrogen-bond acceptors (Lipinski definition) is 2. The van der Waals surface area contributed by atoms with Crippen LogP contribution in [-0.4, -0.2) is 30.5 Å². The maximum atomic E-state index is 5.67. The van der Waals surface area contributed by atoms with Gasteiger partial charge in [-0.25, -0.2) is 10.8 Å². The molecule has 0 atom stereocenters. The highest BCUT2D eigenvalue weighted by molar-refractivity contribution is 5.79. The second kappa shape index (κ2) is 7.73. The minimum Gasteiger partial charge on any atom is -0.345 e. The van der Waals surface area contributed by atoms with Crippen molar-refractivity contribution < 1.29 is 0 Å². The Balaban J connectivity index is 1.85. The predicted molar refractivity (Wildman–Crippen MR) is 80.8 cm³/mol. The van der Waals surface area contributed by atoms with Crippen LogP contribution in [0.4, 0.5) is 0 Å². The van der Waals surface area contributed by atoms with Crippen molar-refractivity contribution in [3.8, 4) is 0 Å². The number of nitrogens with one attached hydrogen (secondary N) is 1. The smallest absolute Gasteiger partial charge is 0.208 e. The second-order valence-corrected chi connectivity index (χ2v) is 6.27. The van der Waals surface area contributed by atoms with Gasteiger partial charge in [-0.2, -0.15) is 0 Å². The van der Waals surface area contributed by atoms with Gasteiger partial charge in [-0.3, -0.25) is 5.43 Å². The Labute approximate surface area is 117 Å². The van der Waals surface area contributed by atoms with Crippen molar-refractivity contribution in [2.75, 3.05) is 13.6 Å². The van der Waals surface area contributed by atoms with Crippen molar-refractivity contribution in [3.05, 3.63) is 0 Å². The van der Waals surface area contributed by atoms with E-state index in [2.05, 4.69) is 17.4 Å². The second-order valence-electron chi connectivity index (χ2n) is 6.27. The van der Waals surface area contributed by atoms with Crippen molar-refractivity contribution in [1.29, 1.82) is 0 Å². The summed E-state index contributed by atoms with van der Waals surface area (Å²) in [5, 5.41) is 0. The van der Waals surface area contributed by atoms with E-state index in [1.165, 1.54) is 64.2 Å². The molecule has 0 saturated heterocycles. The normalized spacial score (nSPS) is 23.4. The molecule has 2 rings (SSSR count). The van der Waals surface area contributed by atoms with E-state index in [1.54, 1.807) is 0 Å². The first kappa shape index (κ1) is 14.6. The number of aliphatic imine (C=N–C) groups is 1. The fourth-order valence-electron chi connectivity index (χ4n) is 3.47. The molecule has 4 nitrogen and oxygen atoms in total. The summed E-state index contributed by atoms with van der Waals surface area (Å²) < 4.78 is 0. The largest absolute Gasteiger partial charge is 0.345 e. The van der Waals surface area contributed by atoms with Gasteiger partial charge in [0.1, 0.15) is 0 Å². The Bertz CT molecular complexity index is 278. The SMILES string of the molecule is CN(CC1CCCCC1)C(=NC1CCCCC1)NN. The van der Waals surface area contributed by atoms with Crippen LogP contribution in [0.25, 0.3) is 0 Å². The van der Waals surface area contributed by atoms with Crippen molar-refractivity contribution >= 4 is 5.96 Å². The van der Waals surface area contributed by atoms with E-state index >= 15 is 0 Å². The molecule has 0 unspecified atom stereocenters. The van der Waals surface area contributed by atoms with Crippen LogP contribution in [0.1, 0.15) is 64.2 Å². The molecular formula is C15H30N4. The van der Waals surface area contributed by atoms with Gasteiger partial charge in [-0.1, -0.05) is 38.5 Å². The molecule has 19 heavy (non-hydrogen) atoms. The molecule has 0 aromatic carbocycles. The number of guanidine groups is 1. The Morgan fingerprint density at radius 1 is 1.05 bits per heavy atom. The summed E-state index contributed by atoms with van der Waals surface area (Å²) in [6.07, 6.45) is 13.4. The number of nitrogens with zero attached hydrogens (tertiary/aromatic N) is 2. The highest BCUT2D eigenvalue weighted by Crippen LogP contribution is 2.24. The molecule has 3 N–H and O–H groups in total. The highest BCUT2D eigenvalue weighted by atomic mass is 15.4. The molecule has 0 spiro atoms. The molecule has 0 amide bonds. The van der Waals surface area contributed by atoms with Crippen LogP contribution in [0.3, 0.4) is 0 Å². The quantitative estimate of drug-likeness (QED) is 0.357. The van der Waals surface area contributed by atoms with Gasteiger partial charge in [0.25, 0.3) is 0 Å². The van der Waals surface area contributed by atoms with Gasteiger partial charge in [-0.15, -0.1) is 0 Å². The first-order valence-electron chi connectivity index (χ1n) is 8.05. The summed E-state index contributed by atoms with van der Waals surface area (Å²) in [6, 6.07) is 0.480. The van der Waals surface area contributed by atoms with E-state index in [-0.39, 0.29) is 0 Å². The number of nitrogens with two attached hydrogens (primary N) is 1. The molecule has 2 aliphatic carbocycles. The molecule has 2 fully saturated rings. The average Bonchev–Trinajstić information content (AvgIpc) is 2.47. The maximum Gasteiger partial charge on any atom is 0.208 e. The molecule has 0 aromatic rings. The molecular weight excluding hydrogens is 236 g/mol. The van der Waals surface area contributed by atoms with E-state index in [0.717, 1.165) is 18.4 Å². The lowest BCUT2D eigenvalue weighted by molar-refractivity contribution is 0.290. The maximum absolute atomic E-state index is 5.67. The summed E-state index contributed by atoms with van der Waals surface area (Å²) in [7, 11) is 2.12. The van der Waals surface area contributed by atoms with Gasteiger partial charge in [0.2, 0.25) is 5.96 Å². The summed E-state index contributed by atoms with van der Waals surface area (Å²) in [5.41, 5.74) is 2.81. The van der Waals surface area contributed by atoms with Gasteiger partial charge in [0, 0.05) is 13.6 Å². The van der Waals surface area contributed by atoms with Gasteiger partial charge >= 0.3 is 0 Å². The monoisotopic (exact) mass is 266 g/mol. The molecule has 110 valence electrons. The molecule has 0 bridgehead atoms. The molecule has 0 aliphatic heterocycles. The minimum absolute atomic E-state index is 0.480. The van der Waals surface area contributed by atoms with E-state index in [9.17, 15) is 0 Å². The van der Waals surface area contributed by atoms with Crippen molar-refractivity contribution in [2.45, 2.75) is 70.3 Å². The zero-order valence-electron chi connectivity index (χ0n) is 12.4. The third kappa shape index (κ3) is 4.68. The third-order valence-electron chi connectivity index (χ3n) is 4.63. The standard InChI is InChI=1S/C15H30N4/c1-19(12-13-8-4-2-5-9-13)15(18-16)17-14-10-6-3-7-11-14/h13-14H,2-12,16H2,1H3,(H,17,18). The van der Waals surface area contributed by atoms with E-state index in [1.807, 2.05) is 0 Å². The Hall–Kier alpha value is -0.770. The van der Waals surface area contributed by atoms with Crippen molar-refractivity contribution in [3.63, 3.8) is 0 Å². The zero-order valence-corrected chi connectivity index (χ0v) is 12.4. The first-order valence-corrected chi connectivity index (χ1v) is 8.05. The number of hydrogen-bond donors (Lipinski definition) is 2. The predicted octanol–water partition coefficient (Wildman–Crippen LogP) is 2.65. The molecule has 0 heterocycles. The minimum atomic E-state index is 0.480. The van der Waals surface area contributed by atoms with Gasteiger partial charge in [0.05, 0.1) is 6.04 Å². The molecule has 0 radical (unpaired) electrons. The molecule has 2 aliphatic rings. The lowest BCUT2D eigenvalue weighted by Crippen LogP contribution is -2.45. The van der Waals surface area contributed by atoms with Crippen molar-refractivity contribution in [1.82, 2.24) is 10.3 Å². The number of hydrazine groups is 1. The fraction of sp³-hybridized carbons (Fsp3) is 0.933. The van der Waals surface area contributed by atoms with Crippen LogP contribution >= 0.6 is 0 Å². The molecule has 2 saturated carbocycles. The summed E-state index contributed by atoms with van der Waals surface area (Å²) in [6.45, 7) is 1.09. The van der Waals surface area contributed by atoms with Gasteiger partial charge < -0.3 is 4.90 Å². The topological polar surface area (TPSA) is 53.6 Å². The number of rotatable bonds is 3. The van der Waals surface area contributed by atoms with Crippen LogP contribution in [-0.2, 0) is 0 Å². The van der Waals surface area contributed by atoms with Crippen LogP contribution < -0.4 is 11.3 Å². The van der Waals surface area contributed by atoms with E-state index < -0.39 is 0 Å². The highest BCUT2D eigenvalue weighted by Gasteiger charge is 2.19. The van der Waals surface area contributed by atoms with E-state index in [4.69, 9.17) is 10.8 Å². The van der Waals surface area contributed by atoms with Gasteiger partial charge in [0.15, 0.2) is 0 Å². The summed E-state index contributed by atoms with van der Waals surface area (Å²) >= 11 is 0. The van der Waals surface area contributed by atoms with Crippen LogP contribution in [0.2, 0.25) is 0 Å². The Morgan fingerprint density at radius 2 is 1.63 bits per heavy atom. The summed E-state index contributed by atoms with van der Waals surface area (Å²) in [5.74, 6) is 7.38.